The molecule has 0 saturated carbocycles. The first-order chi connectivity index (χ1) is 11.0. The van der Waals surface area contributed by atoms with Gasteiger partial charge in [-0.3, -0.25) is 0 Å². The molecule has 7 nitrogen and oxygen atoms in total. The van der Waals surface area contributed by atoms with Gasteiger partial charge in [0.2, 0.25) is 0 Å². The minimum absolute atomic E-state index is 0.157. The van der Waals surface area contributed by atoms with Crippen molar-refractivity contribution >= 4 is 38.6 Å². The van der Waals surface area contributed by atoms with Crippen LogP contribution >= 0.6 is 15.9 Å². The second-order valence-electron chi connectivity index (χ2n) is 5.10. The lowest BCUT2D eigenvalue weighted by atomic mass is 10.2. The smallest absolute Gasteiger partial charge is 0.150 e. The van der Waals surface area contributed by atoms with Crippen molar-refractivity contribution < 1.29 is 0 Å². The summed E-state index contributed by atoms with van der Waals surface area (Å²) < 4.78 is 2.99. The number of anilines is 2. The molecule has 0 aliphatic rings. The van der Waals surface area contributed by atoms with E-state index in [4.69, 9.17) is 5.73 Å². The van der Waals surface area contributed by atoms with Crippen LogP contribution in [0.25, 0.3) is 11.0 Å². The maximum absolute atomic E-state index is 9.21. The summed E-state index contributed by atoms with van der Waals surface area (Å²) in [5.41, 5.74) is 7.86. The number of fused-ring (bicyclic) bond motifs is 1. The van der Waals surface area contributed by atoms with E-state index in [9.17, 15) is 5.26 Å². The molecule has 116 valence electrons. The van der Waals surface area contributed by atoms with Crippen LogP contribution in [0.5, 0.6) is 0 Å². The summed E-state index contributed by atoms with van der Waals surface area (Å²) in [6.45, 7) is 1.95. The third kappa shape index (κ3) is 2.59. The number of aromatic nitrogens is 4. The van der Waals surface area contributed by atoms with Gasteiger partial charge in [0.25, 0.3) is 0 Å². The molecule has 3 rings (SSSR count). The summed E-state index contributed by atoms with van der Waals surface area (Å²) in [5, 5.41) is 12.4. The first-order valence-corrected chi connectivity index (χ1v) is 7.70. The van der Waals surface area contributed by atoms with Crippen molar-refractivity contribution in [1.82, 2.24) is 19.5 Å². The monoisotopic (exact) mass is 371 g/mol. The highest BCUT2D eigenvalue weighted by molar-refractivity contribution is 9.10. The molecule has 0 amide bonds. The number of para-hydroxylation sites is 1. The highest BCUT2D eigenvalue weighted by atomic mass is 79.9. The molecule has 0 aliphatic carbocycles. The van der Waals surface area contributed by atoms with E-state index in [1.807, 2.05) is 42.8 Å². The molecule has 2 aromatic heterocycles. The zero-order valence-corrected chi connectivity index (χ0v) is 14.2. The van der Waals surface area contributed by atoms with Gasteiger partial charge in [-0.25, -0.2) is 15.0 Å². The molecule has 23 heavy (non-hydrogen) atoms. The second kappa shape index (κ2) is 5.85. The lowest BCUT2D eigenvalue weighted by molar-refractivity contribution is 0.729. The molecule has 0 fully saturated rings. The normalized spacial score (nSPS) is 12.1. The van der Waals surface area contributed by atoms with Crippen molar-refractivity contribution in [2.24, 2.45) is 7.05 Å². The number of halogens is 1. The predicted molar refractivity (Wildman–Crippen MR) is 91.6 cm³/mol. The van der Waals surface area contributed by atoms with Gasteiger partial charge in [-0.2, -0.15) is 5.26 Å². The minimum Gasteiger partial charge on any atom is -0.382 e. The summed E-state index contributed by atoms with van der Waals surface area (Å²) in [5.74, 6) is 1.39. The van der Waals surface area contributed by atoms with Gasteiger partial charge in [0.05, 0.1) is 17.1 Å². The number of benzene rings is 1. The summed E-state index contributed by atoms with van der Waals surface area (Å²) >= 11 is 3.55. The van der Waals surface area contributed by atoms with E-state index >= 15 is 0 Å². The zero-order valence-electron chi connectivity index (χ0n) is 12.6. The SMILES string of the molecule is C[C@H](Nc1ncnc(N)c1C#N)c1nc2cccc(Br)c2n1C. The van der Waals surface area contributed by atoms with Crippen LogP contribution in [0.1, 0.15) is 24.4 Å². The van der Waals surface area contributed by atoms with Gasteiger partial charge in [0.1, 0.15) is 35.4 Å². The van der Waals surface area contributed by atoms with Gasteiger partial charge in [-0.1, -0.05) is 6.07 Å². The van der Waals surface area contributed by atoms with Gasteiger partial charge in [0, 0.05) is 11.5 Å². The molecule has 1 aromatic carbocycles. The molecular weight excluding hydrogens is 358 g/mol. The van der Waals surface area contributed by atoms with Gasteiger partial charge < -0.3 is 15.6 Å². The summed E-state index contributed by atoms with van der Waals surface area (Å²) in [6.07, 6.45) is 1.33. The van der Waals surface area contributed by atoms with E-state index in [0.29, 0.717) is 5.82 Å². The minimum atomic E-state index is -0.166. The van der Waals surface area contributed by atoms with Crippen molar-refractivity contribution in [3.05, 3.63) is 40.4 Å². The highest BCUT2D eigenvalue weighted by Crippen LogP contribution is 2.28. The fraction of sp³-hybridized carbons (Fsp3) is 0.200. The van der Waals surface area contributed by atoms with Crippen LogP contribution < -0.4 is 11.1 Å². The zero-order chi connectivity index (χ0) is 16.6. The number of rotatable bonds is 3. The quantitative estimate of drug-likeness (QED) is 0.732. The highest BCUT2D eigenvalue weighted by Gasteiger charge is 2.18. The molecule has 3 aromatic rings. The average Bonchev–Trinajstić information content (AvgIpc) is 2.86. The number of nitrogens with zero attached hydrogens (tertiary/aromatic N) is 5. The molecular formula is C15H14BrN7. The van der Waals surface area contributed by atoms with Crippen LogP contribution in [-0.4, -0.2) is 19.5 Å². The van der Waals surface area contributed by atoms with Crippen LogP contribution in [0.4, 0.5) is 11.6 Å². The fourth-order valence-corrected chi connectivity index (χ4v) is 3.14. The second-order valence-corrected chi connectivity index (χ2v) is 5.95. The lowest BCUT2D eigenvalue weighted by Crippen LogP contribution is -2.14. The molecule has 0 saturated heterocycles. The van der Waals surface area contributed by atoms with E-state index in [2.05, 4.69) is 36.2 Å². The molecule has 0 aliphatic heterocycles. The maximum atomic E-state index is 9.21. The first kappa shape index (κ1) is 15.2. The Labute approximate surface area is 141 Å². The number of nitriles is 1. The van der Waals surface area contributed by atoms with Crippen molar-refractivity contribution in [2.45, 2.75) is 13.0 Å². The van der Waals surface area contributed by atoms with E-state index in [1.54, 1.807) is 0 Å². The van der Waals surface area contributed by atoms with Gasteiger partial charge in [-0.15, -0.1) is 0 Å². The van der Waals surface area contributed by atoms with Gasteiger partial charge in [-0.05, 0) is 35.0 Å². The molecule has 1 atom stereocenters. The Morgan fingerprint density at radius 2 is 2.17 bits per heavy atom. The third-order valence-corrected chi connectivity index (χ3v) is 4.25. The number of aryl methyl sites for hydroxylation is 1. The Kier molecular flexibility index (Phi) is 3.88. The molecule has 2 heterocycles. The Morgan fingerprint density at radius 1 is 1.39 bits per heavy atom. The van der Waals surface area contributed by atoms with Crippen LogP contribution in [-0.2, 0) is 7.05 Å². The first-order valence-electron chi connectivity index (χ1n) is 6.91. The van der Waals surface area contributed by atoms with Gasteiger partial charge >= 0.3 is 0 Å². The Bertz CT molecular complexity index is 925. The number of nitrogens with one attached hydrogen (secondary N) is 1. The van der Waals surface area contributed by atoms with Crippen molar-refractivity contribution in [3.8, 4) is 6.07 Å². The lowest BCUT2D eigenvalue weighted by Gasteiger charge is -2.15. The number of nitrogen functional groups attached to an aromatic ring is 1. The Balaban J connectivity index is 2.01. The van der Waals surface area contributed by atoms with Crippen molar-refractivity contribution in [3.63, 3.8) is 0 Å². The van der Waals surface area contributed by atoms with Crippen LogP contribution in [0.3, 0.4) is 0 Å². The Morgan fingerprint density at radius 3 is 2.87 bits per heavy atom. The topological polar surface area (TPSA) is 105 Å². The largest absolute Gasteiger partial charge is 0.382 e. The number of nitrogens with two attached hydrogens (primary N) is 1. The molecule has 3 N–H and O–H groups in total. The molecule has 0 unspecified atom stereocenters. The standard InChI is InChI=1S/C15H14BrN7/c1-8(21-14-9(6-17)13(18)19-7-20-14)15-22-11-5-3-4-10(16)12(11)23(15)2/h3-5,7-8H,1-2H3,(H3,18,19,20,21)/t8-/m0/s1. The van der Waals surface area contributed by atoms with Crippen molar-refractivity contribution in [2.75, 3.05) is 11.1 Å². The maximum Gasteiger partial charge on any atom is 0.150 e. The van der Waals surface area contributed by atoms with Crippen LogP contribution in [0.15, 0.2) is 29.0 Å². The average molecular weight is 372 g/mol. The number of hydrogen-bond donors (Lipinski definition) is 2. The van der Waals surface area contributed by atoms with Crippen molar-refractivity contribution in [1.29, 1.82) is 5.26 Å². The molecule has 0 radical (unpaired) electrons. The van der Waals surface area contributed by atoms with E-state index < -0.39 is 0 Å². The third-order valence-electron chi connectivity index (χ3n) is 3.61. The summed E-state index contributed by atoms with van der Waals surface area (Å²) in [4.78, 5) is 12.6. The summed E-state index contributed by atoms with van der Waals surface area (Å²) in [6, 6.07) is 7.74. The van der Waals surface area contributed by atoms with E-state index in [-0.39, 0.29) is 17.4 Å². The molecule has 0 bridgehead atoms. The molecule has 0 spiro atoms. The fourth-order valence-electron chi connectivity index (χ4n) is 2.51. The summed E-state index contributed by atoms with van der Waals surface area (Å²) in [7, 11) is 1.95. The predicted octanol–water partition coefficient (Wildman–Crippen LogP) is 2.75. The van der Waals surface area contributed by atoms with E-state index in [1.165, 1.54) is 6.33 Å². The Hall–Kier alpha value is -2.66. The van der Waals surface area contributed by atoms with Crippen LogP contribution in [0, 0.1) is 11.3 Å². The van der Waals surface area contributed by atoms with Crippen LogP contribution in [0.2, 0.25) is 0 Å². The van der Waals surface area contributed by atoms with E-state index in [0.717, 1.165) is 21.3 Å². The number of imidazole rings is 1. The van der Waals surface area contributed by atoms with Gasteiger partial charge in [0.15, 0.2) is 0 Å². The molecule has 8 heteroatoms. The number of hydrogen-bond acceptors (Lipinski definition) is 6.